The van der Waals surface area contributed by atoms with Crippen LogP contribution in [0.25, 0.3) is 0 Å². The third kappa shape index (κ3) is 3.47. The van der Waals surface area contributed by atoms with E-state index < -0.39 is 0 Å². The summed E-state index contributed by atoms with van der Waals surface area (Å²) < 4.78 is 10.9. The van der Waals surface area contributed by atoms with Crippen LogP contribution in [0, 0.1) is 11.3 Å². The fraction of sp³-hybridized carbons (Fsp3) is 0.909. The number of ether oxygens (including phenoxy) is 2. The van der Waals surface area contributed by atoms with Crippen molar-refractivity contribution in [2.45, 2.75) is 26.9 Å². The van der Waals surface area contributed by atoms with E-state index >= 15 is 0 Å². The predicted molar refractivity (Wildman–Crippen MR) is 60.4 cm³/mol. The highest BCUT2D eigenvalue weighted by molar-refractivity contribution is 5.84. The Hall–Kier alpha value is -0.610. The highest BCUT2D eigenvalue weighted by Crippen LogP contribution is 2.12. The van der Waals surface area contributed by atoms with Gasteiger partial charge in [0, 0.05) is 19.7 Å². The molecule has 1 saturated heterocycles. The minimum atomic E-state index is -0.0758. The van der Waals surface area contributed by atoms with Gasteiger partial charge < -0.3 is 14.4 Å². The zero-order valence-electron chi connectivity index (χ0n) is 9.95. The molecule has 0 amide bonds. The first-order valence-electron chi connectivity index (χ1n) is 5.69. The zero-order valence-corrected chi connectivity index (χ0v) is 9.95. The summed E-state index contributed by atoms with van der Waals surface area (Å²) in [5.41, 5.74) is 0. The van der Waals surface area contributed by atoms with Gasteiger partial charge in [0.15, 0.2) is 0 Å². The third-order valence-corrected chi connectivity index (χ3v) is 2.57. The summed E-state index contributed by atoms with van der Waals surface area (Å²) in [7, 11) is 0. The van der Waals surface area contributed by atoms with Crippen molar-refractivity contribution in [2.75, 3.05) is 32.9 Å². The molecule has 0 spiro atoms. The molecule has 1 fully saturated rings. The molecule has 0 saturated carbocycles. The molecular weight excluding hydrogens is 192 g/mol. The van der Waals surface area contributed by atoms with Gasteiger partial charge in [-0.1, -0.05) is 13.8 Å². The van der Waals surface area contributed by atoms with Crippen LogP contribution in [0.3, 0.4) is 0 Å². The number of amidine groups is 1. The van der Waals surface area contributed by atoms with Crippen LogP contribution in [0.5, 0.6) is 0 Å². The van der Waals surface area contributed by atoms with Gasteiger partial charge in [0.05, 0.1) is 13.2 Å². The number of rotatable bonds is 4. The van der Waals surface area contributed by atoms with Crippen LogP contribution < -0.4 is 0 Å². The fourth-order valence-corrected chi connectivity index (χ4v) is 1.75. The molecule has 1 unspecified atom stereocenters. The van der Waals surface area contributed by atoms with Gasteiger partial charge in [-0.15, -0.1) is 0 Å². The standard InChI is InChI=1S/C11H22N2O2/c1-4-15-10(9(2)3)11(12)13-5-7-14-8-6-13/h9-10,12H,4-8H2,1-3H3. The van der Waals surface area contributed by atoms with E-state index in [4.69, 9.17) is 14.9 Å². The second-order valence-electron chi connectivity index (χ2n) is 4.10. The van der Waals surface area contributed by atoms with Gasteiger partial charge >= 0.3 is 0 Å². The third-order valence-electron chi connectivity index (χ3n) is 2.57. The molecule has 4 nitrogen and oxygen atoms in total. The van der Waals surface area contributed by atoms with Gasteiger partial charge in [0.1, 0.15) is 11.9 Å². The van der Waals surface area contributed by atoms with Crippen molar-refractivity contribution < 1.29 is 9.47 Å². The van der Waals surface area contributed by atoms with Crippen molar-refractivity contribution >= 4 is 5.84 Å². The van der Waals surface area contributed by atoms with Crippen molar-refractivity contribution in [2.24, 2.45) is 5.92 Å². The Morgan fingerprint density at radius 2 is 2.00 bits per heavy atom. The second-order valence-corrected chi connectivity index (χ2v) is 4.10. The van der Waals surface area contributed by atoms with Crippen LogP contribution in [0.2, 0.25) is 0 Å². The van der Waals surface area contributed by atoms with Gasteiger partial charge in [-0.25, -0.2) is 0 Å². The fourth-order valence-electron chi connectivity index (χ4n) is 1.75. The first-order chi connectivity index (χ1) is 7.16. The minimum absolute atomic E-state index is 0.0758. The summed E-state index contributed by atoms with van der Waals surface area (Å²) in [5.74, 6) is 0.954. The first-order valence-corrected chi connectivity index (χ1v) is 5.69. The lowest BCUT2D eigenvalue weighted by Gasteiger charge is -2.34. The Kier molecular flexibility index (Phi) is 5.05. The largest absolute Gasteiger partial charge is 0.378 e. The Bertz CT molecular complexity index is 201. The van der Waals surface area contributed by atoms with Gasteiger partial charge in [0.25, 0.3) is 0 Å². The molecule has 0 aliphatic carbocycles. The molecule has 1 aliphatic rings. The normalized spacial score (nSPS) is 19.3. The van der Waals surface area contributed by atoms with Crippen molar-refractivity contribution in [3.05, 3.63) is 0 Å². The molecule has 0 aromatic carbocycles. The van der Waals surface area contributed by atoms with E-state index in [1.54, 1.807) is 0 Å². The van der Waals surface area contributed by atoms with Crippen LogP contribution >= 0.6 is 0 Å². The lowest BCUT2D eigenvalue weighted by molar-refractivity contribution is 0.0408. The Morgan fingerprint density at radius 3 is 2.47 bits per heavy atom. The van der Waals surface area contributed by atoms with E-state index in [9.17, 15) is 0 Å². The molecule has 1 heterocycles. The van der Waals surface area contributed by atoms with Gasteiger partial charge in [0.2, 0.25) is 0 Å². The first kappa shape index (κ1) is 12.5. The molecule has 88 valence electrons. The maximum atomic E-state index is 8.12. The number of morpholine rings is 1. The predicted octanol–water partition coefficient (Wildman–Crippen LogP) is 1.36. The lowest BCUT2D eigenvalue weighted by Crippen LogP contribution is -2.47. The number of hydrogen-bond donors (Lipinski definition) is 1. The van der Waals surface area contributed by atoms with E-state index in [2.05, 4.69) is 18.7 Å². The number of nitrogens with zero attached hydrogens (tertiary/aromatic N) is 1. The Labute approximate surface area is 92.1 Å². The molecule has 1 N–H and O–H groups in total. The van der Waals surface area contributed by atoms with Crippen LogP contribution in [-0.4, -0.2) is 49.7 Å². The smallest absolute Gasteiger partial charge is 0.126 e. The molecular formula is C11H22N2O2. The quantitative estimate of drug-likeness (QED) is 0.567. The van der Waals surface area contributed by atoms with E-state index in [0.717, 1.165) is 26.3 Å². The van der Waals surface area contributed by atoms with E-state index in [-0.39, 0.29) is 6.10 Å². The van der Waals surface area contributed by atoms with Gasteiger partial charge in [-0.3, -0.25) is 5.41 Å². The van der Waals surface area contributed by atoms with Crippen LogP contribution in [0.1, 0.15) is 20.8 Å². The Morgan fingerprint density at radius 1 is 1.40 bits per heavy atom. The molecule has 0 aromatic heterocycles. The number of nitrogens with one attached hydrogen (secondary N) is 1. The molecule has 0 bridgehead atoms. The second kappa shape index (κ2) is 6.08. The van der Waals surface area contributed by atoms with Crippen molar-refractivity contribution in [3.63, 3.8) is 0 Å². The van der Waals surface area contributed by atoms with Crippen LogP contribution in [0.15, 0.2) is 0 Å². The summed E-state index contributed by atoms with van der Waals surface area (Å²) >= 11 is 0. The van der Waals surface area contributed by atoms with Gasteiger partial charge in [-0.05, 0) is 12.8 Å². The SMILES string of the molecule is CCOC(C(=N)N1CCOCC1)C(C)C. The van der Waals surface area contributed by atoms with Crippen LogP contribution in [0.4, 0.5) is 0 Å². The molecule has 0 aromatic rings. The molecule has 1 aliphatic heterocycles. The molecule has 1 rings (SSSR count). The average molecular weight is 214 g/mol. The molecule has 15 heavy (non-hydrogen) atoms. The highest BCUT2D eigenvalue weighted by Gasteiger charge is 2.24. The van der Waals surface area contributed by atoms with Crippen molar-refractivity contribution in [1.29, 1.82) is 5.41 Å². The summed E-state index contributed by atoms with van der Waals surface area (Å²) in [6.07, 6.45) is -0.0758. The monoisotopic (exact) mass is 214 g/mol. The molecule has 1 atom stereocenters. The minimum Gasteiger partial charge on any atom is -0.378 e. The van der Waals surface area contributed by atoms with E-state index in [1.165, 1.54) is 0 Å². The topological polar surface area (TPSA) is 45.5 Å². The lowest BCUT2D eigenvalue weighted by atomic mass is 10.1. The Balaban J connectivity index is 2.53. The summed E-state index contributed by atoms with van der Waals surface area (Å²) in [4.78, 5) is 2.06. The summed E-state index contributed by atoms with van der Waals surface area (Å²) in [5, 5.41) is 8.12. The van der Waals surface area contributed by atoms with Crippen molar-refractivity contribution in [3.8, 4) is 0 Å². The maximum Gasteiger partial charge on any atom is 0.126 e. The zero-order chi connectivity index (χ0) is 11.3. The maximum absolute atomic E-state index is 8.12. The van der Waals surface area contributed by atoms with Crippen molar-refractivity contribution in [1.82, 2.24) is 4.90 Å². The highest BCUT2D eigenvalue weighted by atomic mass is 16.5. The number of hydrogen-bond acceptors (Lipinski definition) is 3. The van der Waals surface area contributed by atoms with E-state index in [0.29, 0.717) is 18.4 Å². The average Bonchev–Trinajstić information content (AvgIpc) is 2.26. The molecule has 0 radical (unpaired) electrons. The summed E-state index contributed by atoms with van der Waals surface area (Å²) in [6.45, 7) is 9.89. The van der Waals surface area contributed by atoms with E-state index in [1.807, 2.05) is 6.92 Å². The van der Waals surface area contributed by atoms with Crippen LogP contribution in [-0.2, 0) is 9.47 Å². The van der Waals surface area contributed by atoms with Gasteiger partial charge in [-0.2, -0.15) is 0 Å². The summed E-state index contributed by atoms with van der Waals surface area (Å²) in [6, 6.07) is 0. The molecule has 4 heteroatoms.